The third kappa shape index (κ3) is 2.22. The molecule has 1 aromatic rings. The monoisotopic (exact) mass is 370 g/mol. The summed E-state index contributed by atoms with van der Waals surface area (Å²) in [6.45, 7) is 1.90. The largest absolute Gasteiger partial charge is 0.497 e. The summed E-state index contributed by atoms with van der Waals surface area (Å²) in [5, 5.41) is 0. The van der Waals surface area contributed by atoms with E-state index >= 15 is 0 Å². The third-order valence-electron chi connectivity index (χ3n) is 7.17. The molecule has 5 rings (SSSR count). The zero-order valence-corrected chi connectivity index (χ0v) is 15.8. The minimum atomic E-state index is -0.563. The van der Waals surface area contributed by atoms with Crippen molar-refractivity contribution in [1.82, 2.24) is 9.80 Å². The number of likely N-dealkylation sites (tertiary alicyclic amines) is 1. The van der Waals surface area contributed by atoms with Crippen LogP contribution < -0.4 is 4.74 Å². The van der Waals surface area contributed by atoms with Gasteiger partial charge in [-0.25, -0.2) is 0 Å². The molecule has 1 saturated carbocycles. The fourth-order valence-electron chi connectivity index (χ4n) is 5.82. The zero-order chi connectivity index (χ0) is 18.6. The zero-order valence-electron chi connectivity index (χ0n) is 15.8. The average molecular weight is 370 g/mol. The molecule has 144 valence electrons. The molecule has 27 heavy (non-hydrogen) atoms. The summed E-state index contributed by atoms with van der Waals surface area (Å²) in [6, 6.07) is 7.80. The maximum Gasteiger partial charge on any atom is 0.233 e. The van der Waals surface area contributed by atoms with Crippen LogP contribution in [0.3, 0.4) is 0 Å². The molecule has 4 aliphatic rings. The molecule has 2 amide bonds. The second-order valence-electron chi connectivity index (χ2n) is 8.22. The number of rotatable bonds is 3. The average Bonchev–Trinajstić information content (AvgIpc) is 3.44. The van der Waals surface area contributed by atoms with Crippen molar-refractivity contribution in [3.05, 3.63) is 29.8 Å². The van der Waals surface area contributed by atoms with Crippen molar-refractivity contribution < 1.29 is 19.1 Å². The molecule has 0 unspecified atom stereocenters. The Morgan fingerprint density at radius 1 is 1.15 bits per heavy atom. The first-order chi connectivity index (χ1) is 13.1. The second-order valence-corrected chi connectivity index (χ2v) is 8.22. The highest BCUT2D eigenvalue weighted by atomic mass is 16.5. The second kappa shape index (κ2) is 5.96. The van der Waals surface area contributed by atoms with Gasteiger partial charge in [0.25, 0.3) is 0 Å². The number of carbonyl (C=O) groups is 2. The number of nitrogens with zero attached hydrogens (tertiary/aromatic N) is 2. The van der Waals surface area contributed by atoms with Gasteiger partial charge in [-0.2, -0.15) is 0 Å². The highest BCUT2D eigenvalue weighted by Gasteiger charge is 2.64. The highest BCUT2D eigenvalue weighted by molar-refractivity contribution is 5.91. The fraction of sp³-hybridized carbons (Fsp3) is 0.619. The predicted octanol–water partition coefficient (Wildman–Crippen LogP) is 2.07. The lowest BCUT2D eigenvalue weighted by molar-refractivity contribution is -0.143. The molecule has 1 spiro atoms. The number of hydrogen-bond donors (Lipinski definition) is 0. The summed E-state index contributed by atoms with van der Waals surface area (Å²) < 4.78 is 11.4. The van der Waals surface area contributed by atoms with Gasteiger partial charge >= 0.3 is 0 Å². The van der Waals surface area contributed by atoms with Crippen LogP contribution in [-0.4, -0.2) is 60.2 Å². The minimum absolute atomic E-state index is 0.125. The topological polar surface area (TPSA) is 59.1 Å². The van der Waals surface area contributed by atoms with Crippen molar-refractivity contribution in [2.45, 2.75) is 55.7 Å². The molecular formula is C21H26N2O4. The van der Waals surface area contributed by atoms with Crippen LogP contribution in [-0.2, 0) is 19.7 Å². The first-order valence-corrected chi connectivity index (χ1v) is 10.0. The Morgan fingerprint density at radius 3 is 2.59 bits per heavy atom. The summed E-state index contributed by atoms with van der Waals surface area (Å²) in [5.74, 6) is 1.10. The molecule has 3 heterocycles. The molecule has 6 heteroatoms. The molecule has 1 aliphatic carbocycles. The lowest BCUT2D eigenvalue weighted by Crippen LogP contribution is -2.52. The number of methoxy groups -OCH3 is 1. The molecule has 0 bridgehead atoms. The first-order valence-electron chi connectivity index (χ1n) is 10.0. The Kier molecular flexibility index (Phi) is 3.76. The van der Waals surface area contributed by atoms with Crippen molar-refractivity contribution in [2.75, 3.05) is 26.8 Å². The molecule has 0 radical (unpaired) electrons. The first kappa shape index (κ1) is 17.0. The van der Waals surface area contributed by atoms with Gasteiger partial charge in [-0.15, -0.1) is 0 Å². The van der Waals surface area contributed by atoms with Crippen LogP contribution in [0.5, 0.6) is 5.75 Å². The van der Waals surface area contributed by atoms with E-state index < -0.39 is 11.1 Å². The van der Waals surface area contributed by atoms with Crippen LogP contribution in [0.15, 0.2) is 24.3 Å². The number of ether oxygens (including phenoxy) is 2. The van der Waals surface area contributed by atoms with E-state index in [9.17, 15) is 9.59 Å². The normalized spacial score (nSPS) is 31.3. The molecule has 0 aromatic heterocycles. The van der Waals surface area contributed by atoms with Crippen molar-refractivity contribution >= 4 is 11.8 Å². The van der Waals surface area contributed by atoms with Gasteiger partial charge in [0.15, 0.2) is 5.72 Å². The van der Waals surface area contributed by atoms with Gasteiger partial charge in [0, 0.05) is 19.5 Å². The Balaban J connectivity index is 1.49. The van der Waals surface area contributed by atoms with E-state index in [4.69, 9.17) is 9.47 Å². The van der Waals surface area contributed by atoms with Gasteiger partial charge in [0.2, 0.25) is 11.8 Å². The number of hydrogen-bond acceptors (Lipinski definition) is 4. The van der Waals surface area contributed by atoms with E-state index in [2.05, 4.69) is 0 Å². The van der Waals surface area contributed by atoms with E-state index in [0.717, 1.165) is 43.4 Å². The van der Waals surface area contributed by atoms with Crippen molar-refractivity contribution in [1.29, 1.82) is 0 Å². The quantitative estimate of drug-likeness (QED) is 0.817. The number of amides is 2. The molecular weight excluding hydrogens is 344 g/mol. The third-order valence-corrected chi connectivity index (χ3v) is 7.17. The summed E-state index contributed by atoms with van der Waals surface area (Å²) >= 11 is 0. The van der Waals surface area contributed by atoms with Crippen molar-refractivity contribution in [2.24, 2.45) is 0 Å². The molecule has 1 aromatic carbocycles. The van der Waals surface area contributed by atoms with Gasteiger partial charge in [0.1, 0.15) is 5.75 Å². The van der Waals surface area contributed by atoms with Crippen LogP contribution in [0.4, 0.5) is 0 Å². The van der Waals surface area contributed by atoms with Crippen LogP contribution in [0.2, 0.25) is 0 Å². The van der Waals surface area contributed by atoms with Crippen molar-refractivity contribution in [3.63, 3.8) is 0 Å². The summed E-state index contributed by atoms with van der Waals surface area (Å²) in [7, 11) is 1.65. The molecule has 6 nitrogen and oxygen atoms in total. The molecule has 2 atom stereocenters. The lowest BCUT2D eigenvalue weighted by atomic mass is 9.77. The maximum absolute atomic E-state index is 13.9. The highest BCUT2D eigenvalue weighted by Crippen LogP contribution is 2.49. The number of benzene rings is 1. The standard InChI is InChI=1S/C21H26N2O4/c1-26-16-6-4-15(5-7-16)20(8-2-3-9-20)19(25)22-11-10-21-17(22)14-18(24)23(21)12-13-27-21/h4-7,17H,2-3,8-14H2,1H3/t17-,21+/m1/s1. The van der Waals surface area contributed by atoms with E-state index in [0.29, 0.717) is 26.1 Å². The summed E-state index contributed by atoms with van der Waals surface area (Å²) in [6.07, 6.45) is 4.98. The summed E-state index contributed by atoms with van der Waals surface area (Å²) in [4.78, 5) is 30.2. The fourth-order valence-corrected chi connectivity index (χ4v) is 5.82. The van der Waals surface area contributed by atoms with Crippen LogP contribution in [0.1, 0.15) is 44.1 Å². The van der Waals surface area contributed by atoms with Crippen molar-refractivity contribution in [3.8, 4) is 5.75 Å². The van der Waals surface area contributed by atoms with Crippen LogP contribution in [0.25, 0.3) is 0 Å². The van der Waals surface area contributed by atoms with E-state index in [-0.39, 0.29) is 17.9 Å². The predicted molar refractivity (Wildman–Crippen MR) is 98.3 cm³/mol. The van der Waals surface area contributed by atoms with Gasteiger partial charge in [0.05, 0.1) is 31.6 Å². The molecule has 3 aliphatic heterocycles. The van der Waals surface area contributed by atoms with Gasteiger partial charge in [-0.3, -0.25) is 9.59 Å². The Bertz CT molecular complexity index is 771. The van der Waals surface area contributed by atoms with E-state index in [1.807, 2.05) is 34.1 Å². The maximum atomic E-state index is 13.9. The van der Waals surface area contributed by atoms with Crippen LogP contribution in [0, 0.1) is 0 Å². The molecule has 3 saturated heterocycles. The minimum Gasteiger partial charge on any atom is -0.497 e. The van der Waals surface area contributed by atoms with E-state index in [1.165, 1.54) is 0 Å². The smallest absolute Gasteiger partial charge is 0.233 e. The SMILES string of the molecule is COc1ccc(C2(C(=O)N3CC[C@@]45OCCN4C(=O)C[C@@H]35)CCCC2)cc1. The van der Waals surface area contributed by atoms with Gasteiger partial charge in [-0.05, 0) is 30.5 Å². The Labute approximate surface area is 159 Å². The lowest BCUT2D eigenvalue weighted by Gasteiger charge is -2.37. The Morgan fingerprint density at radius 2 is 1.89 bits per heavy atom. The van der Waals surface area contributed by atoms with E-state index in [1.54, 1.807) is 7.11 Å². The number of carbonyl (C=O) groups excluding carboxylic acids is 2. The molecule has 4 fully saturated rings. The van der Waals surface area contributed by atoms with Gasteiger partial charge in [-0.1, -0.05) is 25.0 Å². The van der Waals surface area contributed by atoms with Crippen LogP contribution >= 0.6 is 0 Å². The molecule has 0 N–H and O–H groups in total. The Hall–Kier alpha value is -2.08. The summed E-state index contributed by atoms with van der Waals surface area (Å²) in [5.41, 5.74) is 0.0274. The van der Waals surface area contributed by atoms with Gasteiger partial charge < -0.3 is 19.3 Å².